The summed E-state index contributed by atoms with van der Waals surface area (Å²) in [4.78, 5) is 25.3. The molecule has 0 aliphatic carbocycles. The predicted molar refractivity (Wildman–Crippen MR) is 142 cm³/mol. The molecule has 0 saturated carbocycles. The van der Waals surface area contributed by atoms with Crippen LogP contribution in [0.3, 0.4) is 0 Å². The number of benzene rings is 2. The van der Waals surface area contributed by atoms with E-state index in [2.05, 4.69) is 23.2 Å². The maximum Gasteiger partial charge on any atom is 0.265 e. The third-order valence-electron chi connectivity index (χ3n) is 5.91. The number of fused-ring (bicyclic) bond motifs is 1. The fourth-order valence-corrected chi connectivity index (χ4v) is 4.95. The topological polar surface area (TPSA) is 59.7 Å². The molecule has 0 spiro atoms. The molecule has 6 nitrogen and oxygen atoms in total. The van der Waals surface area contributed by atoms with Gasteiger partial charge in [0.1, 0.15) is 11.6 Å². The molecular weight excluding hydrogens is 480 g/mol. The van der Waals surface area contributed by atoms with Crippen LogP contribution in [0.1, 0.15) is 10.6 Å². The lowest BCUT2D eigenvalue weighted by Gasteiger charge is -2.16. The number of anilines is 1. The summed E-state index contributed by atoms with van der Waals surface area (Å²) >= 11 is 7.79. The molecule has 35 heavy (non-hydrogen) atoms. The molecule has 0 atom stereocenters. The maximum absolute atomic E-state index is 12.5. The van der Waals surface area contributed by atoms with Crippen LogP contribution in [0.4, 0.5) is 5.82 Å². The minimum absolute atomic E-state index is 0.0811. The van der Waals surface area contributed by atoms with Crippen molar-refractivity contribution >= 4 is 39.6 Å². The van der Waals surface area contributed by atoms with E-state index in [1.807, 2.05) is 60.7 Å². The first-order chi connectivity index (χ1) is 16.9. The summed E-state index contributed by atoms with van der Waals surface area (Å²) in [6, 6.07) is 20.9. The van der Waals surface area contributed by atoms with E-state index in [1.165, 1.54) is 9.78 Å². The number of carbonyl (C=O) groups excluding carboxylic acids is 1. The third kappa shape index (κ3) is 4.52. The number of carbonyl (C=O) groups is 1. The van der Waals surface area contributed by atoms with Crippen LogP contribution in [0.5, 0.6) is 5.75 Å². The van der Waals surface area contributed by atoms with Crippen molar-refractivity contribution in [3.05, 3.63) is 88.5 Å². The van der Waals surface area contributed by atoms with Crippen LogP contribution < -0.4 is 9.64 Å². The van der Waals surface area contributed by atoms with Gasteiger partial charge in [0.25, 0.3) is 5.91 Å². The van der Waals surface area contributed by atoms with Gasteiger partial charge in [-0.15, -0.1) is 11.3 Å². The molecule has 0 unspecified atom stereocenters. The molecule has 176 valence electrons. The van der Waals surface area contributed by atoms with Crippen LogP contribution in [0.15, 0.2) is 72.9 Å². The third-order valence-corrected chi connectivity index (χ3v) is 7.22. The number of aryl methyl sites for hydroxylation is 2. The number of hydrogen-bond donors (Lipinski definition) is 0. The van der Waals surface area contributed by atoms with Gasteiger partial charge >= 0.3 is 0 Å². The summed E-state index contributed by atoms with van der Waals surface area (Å²) in [5.41, 5.74) is 5.09. The summed E-state index contributed by atoms with van der Waals surface area (Å²) in [5.74, 6) is 1.01. The Morgan fingerprint density at radius 1 is 1.03 bits per heavy atom. The molecule has 0 radical (unpaired) electrons. The van der Waals surface area contributed by atoms with E-state index in [9.17, 15) is 4.79 Å². The van der Waals surface area contributed by atoms with Crippen LogP contribution in [0, 0.1) is 13.8 Å². The average molecular weight is 503 g/mol. The number of halogens is 1. The fraction of sp³-hybridized carbons (Fsp3) is 0.148. The Morgan fingerprint density at radius 3 is 2.43 bits per heavy atom. The number of nitrogens with zero attached hydrogens (tertiary/aromatic N) is 4. The number of ether oxygens (including phenoxy) is 1. The van der Waals surface area contributed by atoms with Gasteiger partial charge in [0.2, 0.25) is 0 Å². The molecule has 8 heteroatoms. The van der Waals surface area contributed by atoms with E-state index >= 15 is 0 Å². The molecule has 0 bridgehead atoms. The molecule has 5 aromatic rings. The first kappa shape index (κ1) is 23.1. The van der Waals surface area contributed by atoms with E-state index in [1.54, 1.807) is 30.6 Å². The molecule has 0 aliphatic rings. The Balaban J connectivity index is 1.42. The minimum Gasteiger partial charge on any atom is -0.484 e. The van der Waals surface area contributed by atoms with Crippen molar-refractivity contribution in [1.82, 2.24) is 14.4 Å². The highest BCUT2D eigenvalue weighted by atomic mass is 35.5. The van der Waals surface area contributed by atoms with Gasteiger partial charge in [-0.1, -0.05) is 29.8 Å². The lowest BCUT2D eigenvalue weighted by molar-refractivity contribution is -0.120. The van der Waals surface area contributed by atoms with Gasteiger partial charge in [0.05, 0.1) is 11.4 Å². The second-order valence-corrected chi connectivity index (χ2v) is 9.75. The number of rotatable bonds is 6. The number of likely N-dealkylation sites (N-methyl/N-ethyl adjacent to an activating group) is 1. The number of thiazole rings is 1. The van der Waals surface area contributed by atoms with E-state index in [-0.39, 0.29) is 12.5 Å². The zero-order chi connectivity index (χ0) is 24.5. The second kappa shape index (κ2) is 9.52. The van der Waals surface area contributed by atoms with Gasteiger partial charge in [-0.05, 0) is 62.4 Å². The summed E-state index contributed by atoms with van der Waals surface area (Å²) in [5, 5.41) is 0.688. The first-order valence-electron chi connectivity index (χ1n) is 11.1. The Hall–Kier alpha value is -3.68. The second-order valence-electron chi connectivity index (χ2n) is 8.13. The number of aromatic nitrogens is 3. The van der Waals surface area contributed by atoms with Gasteiger partial charge in [-0.2, -0.15) is 0 Å². The van der Waals surface area contributed by atoms with Crippen molar-refractivity contribution in [3.63, 3.8) is 0 Å². The smallest absolute Gasteiger partial charge is 0.265 e. The molecule has 0 fully saturated rings. The monoisotopic (exact) mass is 502 g/mol. The normalized spacial score (nSPS) is 11.1. The van der Waals surface area contributed by atoms with E-state index in [0.29, 0.717) is 16.6 Å². The molecule has 0 saturated heterocycles. The van der Waals surface area contributed by atoms with Gasteiger partial charge in [-0.25, -0.2) is 9.97 Å². The summed E-state index contributed by atoms with van der Waals surface area (Å²) in [7, 11) is 1.69. The standard InChI is InChI=1S/C27H23ClN4O2S/c1-17-18(2)35-27-30-25(19-7-11-21(28)12-8-19)26(32(17)27)20-9-13-22(14-10-20)34-16-24(33)31(3)23-6-4-5-15-29-23/h4-15H,16H2,1-3H3. The molecule has 5 rings (SSSR count). The Labute approximate surface area is 212 Å². The lowest BCUT2D eigenvalue weighted by atomic mass is 10.0. The zero-order valence-corrected chi connectivity index (χ0v) is 21.1. The minimum atomic E-state index is -0.181. The zero-order valence-electron chi connectivity index (χ0n) is 19.5. The molecular formula is C27H23ClN4O2S. The van der Waals surface area contributed by atoms with Crippen LogP contribution >= 0.6 is 22.9 Å². The highest BCUT2D eigenvalue weighted by Gasteiger charge is 2.20. The molecule has 3 heterocycles. The van der Waals surface area contributed by atoms with Gasteiger partial charge in [0.15, 0.2) is 11.6 Å². The van der Waals surface area contributed by atoms with Gasteiger partial charge < -0.3 is 4.74 Å². The molecule has 1 amide bonds. The van der Waals surface area contributed by atoms with Crippen molar-refractivity contribution in [3.8, 4) is 28.3 Å². The predicted octanol–water partition coefficient (Wildman–Crippen LogP) is 6.44. The van der Waals surface area contributed by atoms with Crippen LogP contribution in [-0.2, 0) is 4.79 Å². The number of pyridine rings is 1. The Bertz CT molecular complexity index is 1490. The first-order valence-corrected chi connectivity index (χ1v) is 12.3. The summed E-state index contributed by atoms with van der Waals surface area (Å²) < 4.78 is 7.97. The van der Waals surface area contributed by atoms with E-state index < -0.39 is 0 Å². The molecule has 0 aliphatic heterocycles. The van der Waals surface area contributed by atoms with Crippen LogP contribution in [0.2, 0.25) is 5.02 Å². The lowest BCUT2D eigenvalue weighted by Crippen LogP contribution is -2.31. The molecule has 2 aromatic carbocycles. The van der Waals surface area contributed by atoms with Crippen molar-refractivity contribution in [2.45, 2.75) is 13.8 Å². The van der Waals surface area contributed by atoms with Gasteiger partial charge in [-0.3, -0.25) is 14.1 Å². The highest BCUT2D eigenvalue weighted by molar-refractivity contribution is 7.17. The van der Waals surface area contributed by atoms with Crippen LogP contribution in [-0.4, -0.2) is 33.9 Å². The van der Waals surface area contributed by atoms with E-state index in [0.717, 1.165) is 33.2 Å². The fourth-order valence-electron chi connectivity index (χ4n) is 3.85. The largest absolute Gasteiger partial charge is 0.484 e. The van der Waals surface area contributed by atoms with Crippen LogP contribution in [0.25, 0.3) is 27.5 Å². The van der Waals surface area contributed by atoms with Gasteiger partial charge in [0, 0.05) is 40.0 Å². The average Bonchev–Trinajstić information content (AvgIpc) is 3.39. The Morgan fingerprint density at radius 2 is 1.74 bits per heavy atom. The van der Waals surface area contributed by atoms with E-state index in [4.69, 9.17) is 21.3 Å². The number of imidazole rings is 1. The summed E-state index contributed by atoms with van der Waals surface area (Å²) in [6.45, 7) is 4.13. The highest BCUT2D eigenvalue weighted by Crippen LogP contribution is 2.37. The maximum atomic E-state index is 12.5. The number of amides is 1. The quantitative estimate of drug-likeness (QED) is 0.268. The van der Waals surface area contributed by atoms with Crippen molar-refractivity contribution < 1.29 is 9.53 Å². The van der Waals surface area contributed by atoms with Crippen molar-refractivity contribution in [1.29, 1.82) is 0 Å². The number of hydrogen-bond acceptors (Lipinski definition) is 5. The Kier molecular flexibility index (Phi) is 6.28. The molecule has 0 N–H and O–H groups in total. The summed E-state index contributed by atoms with van der Waals surface area (Å²) in [6.07, 6.45) is 1.65. The molecule has 3 aromatic heterocycles. The van der Waals surface area contributed by atoms with Crippen molar-refractivity contribution in [2.75, 3.05) is 18.6 Å². The SMILES string of the molecule is Cc1sc2nc(-c3ccc(Cl)cc3)c(-c3ccc(OCC(=O)N(C)c4ccccn4)cc3)n2c1C. The van der Waals surface area contributed by atoms with Crippen molar-refractivity contribution in [2.24, 2.45) is 0 Å².